The minimum atomic E-state index is -0.133. The molecule has 108 valence electrons. The van der Waals surface area contributed by atoms with E-state index in [1.807, 2.05) is 20.8 Å². The van der Waals surface area contributed by atoms with Crippen molar-refractivity contribution in [1.29, 1.82) is 0 Å². The molecule has 2 rings (SSSR count). The lowest BCUT2D eigenvalue weighted by molar-refractivity contribution is 0.0739. The molecule has 0 saturated carbocycles. The van der Waals surface area contributed by atoms with Gasteiger partial charge in [0.1, 0.15) is 11.4 Å². The van der Waals surface area contributed by atoms with E-state index in [0.717, 1.165) is 0 Å². The van der Waals surface area contributed by atoms with Crippen molar-refractivity contribution in [3.05, 3.63) is 22.8 Å². The van der Waals surface area contributed by atoms with Gasteiger partial charge in [0, 0.05) is 12.5 Å². The van der Waals surface area contributed by atoms with Gasteiger partial charge in [-0.05, 0) is 6.92 Å². The van der Waals surface area contributed by atoms with E-state index < -0.39 is 0 Å². The first-order chi connectivity index (χ1) is 9.51. The molecule has 7 nitrogen and oxygen atoms in total. The first kappa shape index (κ1) is 14.4. The number of nitrogen functional groups attached to an aromatic ring is 1. The van der Waals surface area contributed by atoms with Crippen LogP contribution in [0.25, 0.3) is 0 Å². The zero-order valence-corrected chi connectivity index (χ0v) is 12.5. The summed E-state index contributed by atoms with van der Waals surface area (Å²) in [5.41, 5.74) is 5.54. The van der Waals surface area contributed by atoms with Gasteiger partial charge in [0.15, 0.2) is 11.0 Å². The van der Waals surface area contributed by atoms with Crippen LogP contribution in [0.5, 0.6) is 0 Å². The Labute approximate surface area is 120 Å². The molecule has 1 amide bonds. The highest BCUT2D eigenvalue weighted by atomic mass is 32.1. The summed E-state index contributed by atoms with van der Waals surface area (Å²) in [6, 6.07) is 0. The van der Waals surface area contributed by atoms with Gasteiger partial charge in [0.2, 0.25) is 5.89 Å². The minimum absolute atomic E-state index is 0.133. The molecule has 0 spiro atoms. The molecule has 0 atom stereocenters. The predicted octanol–water partition coefficient (Wildman–Crippen LogP) is 1.89. The van der Waals surface area contributed by atoms with Crippen LogP contribution in [0.1, 0.15) is 48.1 Å². The molecule has 0 radical (unpaired) electrons. The molecule has 20 heavy (non-hydrogen) atoms. The number of hydrogen-bond donors (Lipinski definition) is 1. The molecule has 2 N–H and O–H groups in total. The molecule has 2 heterocycles. The molecule has 0 fully saturated rings. The van der Waals surface area contributed by atoms with E-state index in [0.29, 0.717) is 28.3 Å². The van der Waals surface area contributed by atoms with Crippen LogP contribution in [0.4, 0.5) is 5.13 Å². The van der Waals surface area contributed by atoms with E-state index in [1.165, 1.54) is 17.5 Å². The average Bonchev–Trinajstić information content (AvgIpc) is 3.04. The maximum atomic E-state index is 12.3. The third kappa shape index (κ3) is 3.13. The van der Waals surface area contributed by atoms with Crippen LogP contribution in [0.2, 0.25) is 0 Å². The normalized spacial score (nSPS) is 11.0. The molecule has 0 bridgehead atoms. The van der Waals surface area contributed by atoms with Crippen LogP contribution < -0.4 is 5.73 Å². The minimum Gasteiger partial charge on any atom is -0.375 e. The van der Waals surface area contributed by atoms with Crippen molar-refractivity contribution in [2.24, 2.45) is 0 Å². The molecule has 2 aromatic heterocycles. The van der Waals surface area contributed by atoms with Crippen molar-refractivity contribution < 1.29 is 9.32 Å². The number of nitrogens with zero attached hydrogens (tertiary/aromatic N) is 4. The number of amides is 1. The molecule has 0 unspecified atom stereocenters. The van der Waals surface area contributed by atoms with E-state index in [2.05, 4.69) is 15.1 Å². The fraction of sp³-hybridized carbons (Fsp3) is 0.500. The fourth-order valence-corrected chi connectivity index (χ4v) is 2.25. The average molecular weight is 295 g/mol. The number of nitrogens with two attached hydrogens (primary N) is 1. The van der Waals surface area contributed by atoms with Crippen molar-refractivity contribution in [2.45, 2.75) is 33.2 Å². The van der Waals surface area contributed by atoms with Crippen LogP contribution in [-0.4, -0.2) is 32.5 Å². The van der Waals surface area contributed by atoms with Crippen LogP contribution in [0.15, 0.2) is 10.7 Å². The lowest BCUT2D eigenvalue weighted by Gasteiger charge is -2.17. The quantitative estimate of drug-likeness (QED) is 0.904. The van der Waals surface area contributed by atoms with Gasteiger partial charge in [0.25, 0.3) is 5.91 Å². The Balaban J connectivity index is 2.10. The van der Waals surface area contributed by atoms with Gasteiger partial charge < -0.3 is 15.2 Å². The standard InChI is InChI=1S/C12H17N5O2S/c1-4-17(11(18)8-5-14-12(13)20-8)6-9-15-10(7(2)3)16-19-9/h5,7H,4,6H2,1-3H3,(H2,13,14). The van der Waals surface area contributed by atoms with Gasteiger partial charge in [0.05, 0.1) is 6.20 Å². The molecule has 8 heteroatoms. The number of carbonyl (C=O) groups excluding carboxylic acids is 1. The summed E-state index contributed by atoms with van der Waals surface area (Å²) in [4.78, 5) is 22.6. The second kappa shape index (κ2) is 6.00. The highest BCUT2D eigenvalue weighted by molar-refractivity contribution is 7.17. The van der Waals surface area contributed by atoms with Crippen LogP contribution in [0.3, 0.4) is 0 Å². The number of aromatic nitrogens is 3. The lowest BCUT2D eigenvalue weighted by Crippen LogP contribution is -2.29. The summed E-state index contributed by atoms with van der Waals surface area (Å²) in [7, 11) is 0. The molecular weight excluding hydrogens is 278 g/mol. The SMILES string of the molecule is CCN(Cc1nc(C(C)C)no1)C(=O)c1cnc(N)s1. The van der Waals surface area contributed by atoms with E-state index >= 15 is 0 Å². The number of anilines is 1. The Morgan fingerprint density at radius 3 is 2.80 bits per heavy atom. The summed E-state index contributed by atoms with van der Waals surface area (Å²) in [5, 5.41) is 4.26. The predicted molar refractivity (Wildman–Crippen MR) is 75.3 cm³/mol. The monoisotopic (exact) mass is 295 g/mol. The third-order valence-corrected chi connectivity index (χ3v) is 3.54. The summed E-state index contributed by atoms with van der Waals surface area (Å²) in [6.45, 7) is 6.68. The van der Waals surface area contributed by atoms with E-state index in [1.54, 1.807) is 4.90 Å². The molecule has 0 aliphatic heterocycles. The third-order valence-electron chi connectivity index (χ3n) is 2.73. The van der Waals surface area contributed by atoms with E-state index in [9.17, 15) is 4.79 Å². The van der Waals surface area contributed by atoms with Crippen molar-refractivity contribution in [3.63, 3.8) is 0 Å². The van der Waals surface area contributed by atoms with Crippen molar-refractivity contribution in [1.82, 2.24) is 20.0 Å². The molecule has 0 aliphatic carbocycles. The largest absolute Gasteiger partial charge is 0.375 e. The highest BCUT2D eigenvalue weighted by Gasteiger charge is 2.20. The second-order valence-corrected chi connectivity index (χ2v) is 5.65. The van der Waals surface area contributed by atoms with Gasteiger partial charge >= 0.3 is 0 Å². The summed E-state index contributed by atoms with van der Waals surface area (Å²) < 4.78 is 5.16. The topological polar surface area (TPSA) is 98.1 Å². The van der Waals surface area contributed by atoms with Crippen LogP contribution in [0, 0.1) is 0 Å². The number of hydrogen-bond acceptors (Lipinski definition) is 7. The van der Waals surface area contributed by atoms with Crippen molar-refractivity contribution in [2.75, 3.05) is 12.3 Å². The Kier molecular flexibility index (Phi) is 4.33. The van der Waals surface area contributed by atoms with Crippen LogP contribution in [-0.2, 0) is 6.54 Å². The summed E-state index contributed by atoms with van der Waals surface area (Å²) in [6.07, 6.45) is 1.48. The zero-order valence-electron chi connectivity index (χ0n) is 11.7. The van der Waals surface area contributed by atoms with Gasteiger partial charge in [-0.3, -0.25) is 4.79 Å². The summed E-state index contributed by atoms with van der Waals surface area (Å²) >= 11 is 1.17. The van der Waals surface area contributed by atoms with Gasteiger partial charge in [-0.15, -0.1) is 0 Å². The van der Waals surface area contributed by atoms with Gasteiger partial charge in [-0.2, -0.15) is 4.98 Å². The van der Waals surface area contributed by atoms with Crippen LogP contribution >= 0.6 is 11.3 Å². The van der Waals surface area contributed by atoms with Gasteiger partial charge in [-0.25, -0.2) is 4.98 Å². The van der Waals surface area contributed by atoms with Gasteiger partial charge in [-0.1, -0.05) is 30.3 Å². The zero-order chi connectivity index (χ0) is 14.7. The van der Waals surface area contributed by atoms with E-state index in [-0.39, 0.29) is 18.4 Å². The maximum Gasteiger partial charge on any atom is 0.266 e. The van der Waals surface area contributed by atoms with Crippen molar-refractivity contribution in [3.8, 4) is 0 Å². The fourth-order valence-electron chi connectivity index (χ4n) is 1.60. The maximum absolute atomic E-state index is 12.3. The van der Waals surface area contributed by atoms with Crippen molar-refractivity contribution >= 4 is 22.4 Å². The Hall–Kier alpha value is -1.96. The molecule has 0 saturated heterocycles. The first-order valence-electron chi connectivity index (χ1n) is 6.34. The first-order valence-corrected chi connectivity index (χ1v) is 7.16. The molecule has 2 aromatic rings. The smallest absolute Gasteiger partial charge is 0.266 e. The Morgan fingerprint density at radius 1 is 1.55 bits per heavy atom. The van der Waals surface area contributed by atoms with E-state index in [4.69, 9.17) is 10.3 Å². The molecular formula is C12H17N5O2S. The molecule has 0 aromatic carbocycles. The highest BCUT2D eigenvalue weighted by Crippen LogP contribution is 2.18. The second-order valence-electron chi connectivity index (χ2n) is 4.58. The Morgan fingerprint density at radius 2 is 2.30 bits per heavy atom. The molecule has 0 aliphatic rings. The Bertz CT molecular complexity index is 592. The number of thiazole rings is 1. The number of rotatable bonds is 5. The lowest BCUT2D eigenvalue weighted by atomic mass is 10.2. The summed E-state index contributed by atoms with van der Waals surface area (Å²) in [5.74, 6) is 1.14. The number of carbonyl (C=O) groups is 1.